The van der Waals surface area contributed by atoms with E-state index in [1.54, 1.807) is 54.4 Å². The van der Waals surface area contributed by atoms with Crippen molar-refractivity contribution in [2.45, 2.75) is 6.54 Å². The summed E-state index contributed by atoms with van der Waals surface area (Å²) in [4.78, 5) is 14.3. The molecule has 0 saturated carbocycles. The Morgan fingerprint density at radius 1 is 0.900 bits per heavy atom. The summed E-state index contributed by atoms with van der Waals surface area (Å²) in [7, 11) is -1.91. The lowest BCUT2D eigenvalue weighted by Gasteiger charge is -2.24. The summed E-state index contributed by atoms with van der Waals surface area (Å²) in [6, 6.07) is 21.0. The van der Waals surface area contributed by atoms with Gasteiger partial charge in [0.05, 0.1) is 28.5 Å². The van der Waals surface area contributed by atoms with Gasteiger partial charge in [0.1, 0.15) is 0 Å². The zero-order valence-electron chi connectivity index (χ0n) is 16.4. The van der Waals surface area contributed by atoms with Crippen molar-refractivity contribution in [2.24, 2.45) is 0 Å². The highest BCUT2D eigenvalue weighted by Gasteiger charge is 2.22. The standard InChI is InChI=1S/C22H20Cl2N2O3S/c1-25(18-7-4-3-5-8-18)22(27)17-13-11-16(12-14-17)15-26(30(2,28)29)20-10-6-9-19(23)21(20)24/h3-14H,15H2,1-2H3. The molecule has 0 aliphatic carbocycles. The first kappa shape index (κ1) is 22.2. The Bertz CT molecular complexity index is 1150. The minimum absolute atomic E-state index is 0.0574. The Balaban J connectivity index is 1.84. The molecule has 0 atom stereocenters. The molecule has 0 unspecified atom stereocenters. The number of hydrogen-bond acceptors (Lipinski definition) is 3. The van der Waals surface area contributed by atoms with E-state index in [1.807, 2.05) is 30.3 Å². The molecule has 0 radical (unpaired) electrons. The fourth-order valence-corrected chi connectivity index (χ4v) is 4.29. The van der Waals surface area contributed by atoms with Gasteiger partial charge in [0.15, 0.2) is 0 Å². The van der Waals surface area contributed by atoms with Crippen LogP contribution in [0.1, 0.15) is 15.9 Å². The molecule has 0 N–H and O–H groups in total. The van der Waals surface area contributed by atoms with E-state index in [0.717, 1.165) is 11.9 Å². The molecule has 5 nitrogen and oxygen atoms in total. The van der Waals surface area contributed by atoms with Crippen LogP contribution >= 0.6 is 23.2 Å². The SMILES string of the molecule is CN(C(=O)c1ccc(CN(c2cccc(Cl)c2Cl)S(C)(=O)=O)cc1)c1ccccc1. The summed E-state index contributed by atoms with van der Waals surface area (Å²) in [6.07, 6.45) is 1.11. The lowest BCUT2D eigenvalue weighted by molar-refractivity contribution is 0.0993. The number of nitrogens with zero attached hydrogens (tertiary/aromatic N) is 2. The van der Waals surface area contributed by atoms with Crippen LogP contribution in [0.25, 0.3) is 0 Å². The fourth-order valence-electron chi connectivity index (χ4n) is 2.95. The number of benzene rings is 3. The van der Waals surface area contributed by atoms with Crippen molar-refractivity contribution >= 4 is 50.5 Å². The van der Waals surface area contributed by atoms with Gasteiger partial charge in [0, 0.05) is 18.3 Å². The van der Waals surface area contributed by atoms with Crippen LogP contribution in [0.4, 0.5) is 11.4 Å². The van der Waals surface area contributed by atoms with Crippen LogP contribution in [-0.4, -0.2) is 27.6 Å². The second kappa shape index (κ2) is 9.08. The summed E-state index contributed by atoms with van der Waals surface area (Å²) in [6.45, 7) is 0.0574. The van der Waals surface area contributed by atoms with Crippen LogP contribution in [0, 0.1) is 0 Å². The lowest BCUT2D eigenvalue weighted by atomic mass is 10.1. The molecular weight excluding hydrogens is 443 g/mol. The molecule has 8 heteroatoms. The molecule has 3 aromatic carbocycles. The lowest BCUT2D eigenvalue weighted by Crippen LogP contribution is -2.29. The molecule has 3 rings (SSSR count). The average molecular weight is 463 g/mol. The van der Waals surface area contributed by atoms with Gasteiger partial charge in [-0.15, -0.1) is 0 Å². The fraction of sp³-hybridized carbons (Fsp3) is 0.136. The zero-order chi connectivity index (χ0) is 21.9. The smallest absolute Gasteiger partial charge is 0.258 e. The summed E-state index contributed by atoms with van der Waals surface area (Å²) in [5, 5.41) is 0.439. The highest BCUT2D eigenvalue weighted by atomic mass is 35.5. The van der Waals surface area contributed by atoms with E-state index >= 15 is 0 Å². The molecule has 156 valence electrons. The number of carbonyl (C=O) groups excluding carboxylic acids is 1. The van der Waals surface area contributed by atoms with Gasteiger partial charge < -0.3 is 4.90 Å². The highest BCUT2D eigenvalue weighted by Crippen LogP contribution is 2.34. The van der Waals surface area contributed by atoms with Gasteiger partial charge >= 0.3 is 0 Å². The zero-order valence-corrected chi connectivity index (χ0v) is 18.7. The number of sulfonamides is 1. The van der Waals surface area contributed by atoms with Crippen LogP contribution in [0.5, 0.6) is 0 Å². The molecule has 0 bridgehead atoms. The van der Waals surface area contributed by atoms with E-state index in [1.165, 1.54) is 4.31 Å². The summed E-state index contributed by atoms with van der Waals surface area (Å²) >= 11 is 12.3. The molecular formula is C22H20Cl2N2O3S. The van der Waals surface area contributed by atoms with Crippen molar-refractivity contribution in [1.29, 1.82) is 0 Å². The Hall–Kier alpha value is -2.54. The first-order valence-corrected chi connectivity index (χ1v) is 11.6. The molecule has 1 amide bonds. The monoisotopic (exact) mass is 462 g/mol. The topological polar surface area (TPSA) is 57.7 Å². The number of rotatable bonds is 6. The quantitative estimate of drug-likeness (QED) is 0.503. The molecule has 0 spiro atoms. The molecule has 0 saturated heterocycles. The largest absolute Gasteiger partial charge is 0.311 e. The van der Waals surface area contributed by atoms with Gasteiger partial charge in [-0.1, -0.05) is 59.6 Å². The Labute approximate surface area is 186 Å². The van der Waals surface area contributed by atoms with Crippen LogP contribution in [0.2, 0.25) is 10.0 Å². The first-order valence-electron chi connectivity index (χ1n) is 9.02. The normalized spacial score (nSPS) is 11.2. The summed E-state index contributed by atoms with van der Waals surface area (Å²) < 4.78 is 26.0. The molecule has 3 aromatic rings. The number of halogens is 2. The van der Waals surface area contributed by atoms with Crippen molar-refractivity contribution in [3.63, 3.8) is 0 Å². The maximum Gasteiger partial charge on any atom is 0.258 e. The number of hydrogen-bond donors (Lipinski definition) is 0. The predicted octanol–water partition coefficient (Wildman–Crippen LogP) is 5.24. The predicted molar refractivity (Wildman–Crippen MR) is 123 cm³/mol. The minimum atomic E-state index is -3.62. The van der Waals surface area contributed by atoms with Crippen LogP contribution in [0.3, 0.4) is 0 Å². The van der Waals surface area contributed by atoms with Crippen molar-refractivity contribution in [3.8, 4) is 0 Å². The minimum Gasteiger partial charge on any atom is -0.311 e. The third kappa shape index (κ3) is 4.95. The number of amides is 1. The first-order chi connectivity index (χ1) is 14.2. The van der Waals surface area contributed by atoms with Gasteiger partial charge in [-0.25, -0.2) is 8.42 Å². The van der Waals surface area contributed by atoms with Gasteiger partial charge in [-0.2, -0.15) is 0 Å². The molecule has 0 heterocycles. The van der Waals surface area contributed by atoms with E-state index in [9.17, 15) is 13.2 Å². The second-order valence-electron chi connectivity index (χ2n) is 6.74. The van der Waals surface area contributed by atoms with Gasteiger partial charge in [-0.3, -0.25) is 9.10 Å². The van der Waals surface area contributed by atoms with Gasteiger partial charge in [-0.05, 0) is 42.0 Å². The van der Waals surface area contributed by atoms with Crippen molar-refractivity contribution in [1.82, 2.24) is 0 Å². The maximum atomic E-state index is 12.7. The van der Waals surface area contributed by atoms with E-state index in [2.05, 4.69) is 0 Å². The highest BCUT2D eigenvalue weighted by molar-refractivity contribution is 7.92. The van der Waals surface area contributed by atoms with Crippen LogP contribution in [0.15, 0.2) is 72.8 Å². The van der Waals surface area contributed by atoms with E-state index < -0.39 is 10.0 Å². The van der Waals surface area contributed by atoms with E-state index in [4.69, 9.17) is 23.2 Å². The Morgan fingerprint density at radius 3 is 2.13 bits per heavy atom. The maximum absolute atomic E-state index is 12.7. The molecule has 0 aliphatic rings. The van der Waals surface area contributed by atoms with E-state index in [0.29, 0.717) is 16.8 Å². The van der Waals surface area contributed by atoms with E-state index in [-0.39, 0.29) is 22.5 Å². The summed E-state index contributed by atoms with van der Waals surface area (Å²) in [5.41, 5.74) is 2.29. The second-order valence-corrected chi connectivity index (χ2v) is 9.43. The molecule has 0 fully saturated rings. The third-order valence-corrected chi connectivity index (χ3v) is 6.51. The van der Waals surface area contributed by atoms with Crippen molar-refractivity contribution in [3.05, 3.63) is 94.0 Å². The van der Waals surface area contributed by atoms with Crippen molar-refractivity contribution < 1.29 is 13.2 Å². The average Bonchev–Trinajstić information content (AvgIpc) is 2.73. The van der Waals surface area contributed by atoms with Gasteiger partial charge in [0.2, 0.25) is 10.0 Å². The molecule has 30 heavy (non-hydrogen) atoms. The Kier molecular flexibility index (Phi) is 6.71. The number of para-hydroxylation sites is 1. The van der Waals surface area contributed by atoms with Crippen LogP contribution in [-0.2, 0) is 16.6 Å². The molecule has 0 aliphatic heterocycles. The van der Waals surface area contributed by atoms with Gasteiger partial charge in [0.25, 0.3) is 5.91 Å². The van der Waals surface area contributed by atoms with Crippen LogP contribution < -0.4 is 9.21 Å². The van der Waals surface area contributed by atoms with Crippen molar-refractivity contribution in [2.75, 3.05) is 22.5 Å². The summed E-state index contributed by atoms with van der Waals surface area (Å²) in [5.74, 6) is -0.161. The Morgan fingerprint density at radius 2 is 1.53 bits per heavy atom. The third-order valence-electron chi connectivity index (χ3n) is 4.58. The number of carbonyl (C=O) groups is 1. The molecule has 0 aromatic heterocycles. The number of anilines is 2.